The molecule has 4 rings (SSSR count). The molecular weight excluding hydrogens is 482 g/mol. The highest BCUT2D eigenvalue weighted by atomic mass is 79.9. The Kier molecular flexibility index (Phi) is 6.83. The lowest BCUT2D eigenvalue weighted by Gasteiger charge is -2.11. The van der Waals surface area contributed by atoms with Gasteiger partial charge in [0.2, 0.25) is 5.91 Å². The molecule has 3 heterocycles. The quantitative estimate of drug-likeness (QED) is 0.571. The summed E-state index contributed by atoms with van der Waals surface area (Å²) in [5.41, 5.74) is 1.68. The average Bonchev–Trinajstić information content (AvgIpc) is 3.43. The number of hydrogen-bond donors (Lipinski definition) is 1. The van der Waals surface area contributed by atoms with E-state index in [0.29, 0.717) is 18.0 Å². The fraction of sp³-hybridized carbons (Fsp3) is 0.409. The van der Waals surface area contributed by atoms with Crippen molar-refractivity contribution in [3.8, 4) is 0 Å². The Morgan fingerprint density at radius 2 is 2.23 bits per heavy atom. The maximum Gasteiger partial charge on any atom is 0.293 e. The number of benzene rings is 1. The Morgan fingerprint density at radius 3 is 2.97 bits per heavy atom. The summed E-state index contributed by atoms with van der Waals surface area (Å²) in [6.07, 6.45) is 6.42. The van der Waals surface area contributed by atoms with E-state index < -0.39 is 0 Å². The van der Waals surface area contributed by atoms with Crippen LogP contribution in [-0.4, -0.2) is 52.3 Å². The zero-order chi connectivity index (χ0) is 22.0. The molecule has 0 unspecified atom stereocenters. The number of halogens is 1. The zero-order valence-corrected chi connectivity index (χ0v) is 19.6. The van der Waals surface area contributed by atoms with E-state index >= 15 is 0 Å². The summed E-state index contributed by atoms with van der Waals surface area (Å²) in [4.78, 5) is 39.0. The molecule has 2 saturated heterocycles. The molecule has 7 nitrogen and oxygen atoms in total. The molecule has 0 saturated carbocycles. The minimum absolute atomic E-state index is 0.0925. The van der Waals surface area contributed by atoms with Crippen molar-refractivity contribution in [2.45, 2.75) is 38.8 Å². The number of fused-ring (bicyclic) bond motifs is 1. The molecule has 0 radical (unpaired) electrons. The van der Waals surface area contributed by atoms with E-state index in [1.165, 1.54) is 4.90 Å². The molecule has 31 heavy (non-hydrogen) atoms. The third kappa shape index (κ3) is 4.88. The Labute approximate surface area is 193 Å². The lowest BCUT2D eigenvalue weighted by molar-refractivity contribution is -0.123. The van der Waals surface area contributed by atoms with Gasteiger partial charge in [0.15, 0.2) is 0 Å². The third-order valence-electron chi connectivity index (χ3n) is 5.35. The van der Waals surface area contributed by atoms with Gasteiger partial charge in [0.25, 0.3) is 11.1 Å². The second kappa shape index (κ2) is 9.58. The second-order valence-electron chi connectivity index (χ2n) is 7.65. The number of aromatic nitrogens is 1. The van der Waals surface area contributed by atoms with Crippen molar-refractivity contribution < 1.29 is 19.1 Å². The van der Waals surface area contributed by atoms with Crippen molar-refractivity contribution in [3.05, 3.63) is 39.3 Å². The van der Waals surface area contributed by atoms with E-state index in [1.807, 2.05) is 35.9 Å². The van der Waals surface area contributed by atoms with Gasteiger partial charge in [0, 0.05) is 46.8 Å². The van der Waals surface area contributed by atoms with Gasteiger partial charge in [-0.05, 0) is 55.3 Å². The molecule has 2 aliphatic rings. The molecular formula is C22H24BrN3O4S. The van der Waals surface area contributed by atoms with Crippen LogP contribution in [0, 0.1) is 0 Å². The van der Waals surface area contributed by atoms with Gasteiger partial charge in [0.1, 0.15) is 6.54 Å². The van der Waals surface area contributed by atoms with Gasteiger partial charge in [-0.25, -0.2) is 0 Å². The molecule has 2 fully saturated rings. The first-order valence-corrected chi connectivity index (χ1v) is 12.0. The first-order chi connectivity index (χ1) is 15.0. The number of hydrogen-bond acceptors (Lipinski definition) is 5. The van der Waals surface area contributed by atoms with Crippen molar-refractivity contribution in [2.75, 3.05) is 19.7 Å². The van der Waals surface area contributed by atoms with Crippen molar-refractivity contribution in [3.63, 3.8) is 0 Å². The van der Waals surface area contributed by atoms with Crippen LogP contribution in [0.3, 0.4) is 0 Å². The molecule has 9 heteroatoms. The predicted molar refractivity (Wildman–Crippen MR) is 125 cm³/mol. The lowest BCUT2D eigenvalue weighted by atomic mass is 10.1. The number of carbonyl (C=O) groups is 3. The molecule has 2 aromatic rings. The highest BCUT2D eigenvalue weighted by Gasteiger charge is 2.34. The minimum atomic E-state index is -0.262. The molecule has 164 valence electrons. The summed E-state index contributed by atoms with van der Waals surface area (Å²) in [5, 5.41) is 3.61. The highest BCUT2D eigenvalue weighted by molar-refractivity contribution is 9.10. The SMILES string of the molecule is CCCN1C(=O)S/C(=C\c2cn(CC(=O)NC[C@H]3CCCO3)c3ccc(Br)cc23)C1=O. The molecule has 1 aromatic heterocycles. The number of amides is 3. The smallest absolute Gasteiger partial charge is 0.293 e. The molecule has 1 aromatic carbocycles. The van der Waals surface area contributed by atoms with E-state index in [-0.39, 0.29) is 29.7 Å². The minimum Gasteiger partial charge on any atom is -0.376 e. The van der Waals surface area contributed by atoms with Crippen molar-refractivity contribution in [1.29, 1.82) is 0 Å². The Balaban J connectivity index is 1.58. The summed E-state index contributed by atoms with van der Waals surface area (Å²) in [6.45, 7) is 3.78. The Bertz CT molecular complexity index is 1060. The van der Waals surface area contributed by atoms with Crippen LogP contribution in [0.25, 0.3) is 17.0 Å². The van der Waals surface area contributed by atoms with Crippen LogP contribution in [0.5, 0.6) is 0 Å². The standard InChI is InChI=1S/C22H24BrN3O4S/c1-2-7-26-21(28)19(31-22(26)29)9-14-12-25(18-6-5-15(23)10-17(14)18)13-20(27)24-11-16-4-3-8-30-16/h5-6,9-10,12,16H,2-4,7-8,11,13H2,1H3,(H,24,27)/b19-9-/t16-/m1/s1. The van der Waals surface area contributed by atoms with Gasteiger partial charge < -0.3 is 14.6 Å². The monoisotopic (exact) mass is 505 g/mol. The number of rotatable bonds is 7. The van der Waals surface area contributed by atoms with E-state index in [1.54, 1.807) is 6.08 Å². The number of nitrogens with zero attached hydrogens (tertiary/aromatic N) is 2. The third-order valence-corrected chi connectivity index (χ3v) is 6.75. The first kappa shape index (κ1) is 22.1. The maximum absolute atomic E-state index is 12.6. The lowest BCUT2D eigenvalue weighted by Crippen LogP contribution is -2.34. The predicted octanol–water partition coefficient (Wildman–Crippen LogP) is 4.15. The van der Waals surface area contributed by atoms with Crippen LogP contribution in [-0.2, 0) is 20.9 Å². The van der Waals surface area contributed by atoms with Crippen LogP contribution in [0.2, 0.25) is 0 Å². The molecule has 2 aliphatic heterocycles. The molecule has 0 aliphatic carbocycles. The second-order valence-corrected chi connectivity index (χ2v) is 9.56. The largest absolute Gasteiger partial charge is 0.376 e. The zero-order valence-electron chi connectivity index (χ0n) is 17.2. The molecule has 3 amide bonds. The first-order valence-electron chi connectivity index (χ1n) is 10.4. The summed E-state index contributed by atoms with van der Waals surface area (Å²) in [7, 11) is 0. The molecule has 1 N–H and O–H groups in total. The van der Waals surface area contributed by atoms with E-state index in [0.717, 1.165) is 58.6 Å². The van der Waals surface area contributed by atoms with Crippen molar-refractivity contribution in [1.82, 2.24) is 14.8 Å². The fourth-order valence-electron chi connectivity index (χ4n) is 3.84. The summed E-state index contributed by atoms with van der Waals surface area (Å²) < 4.78 is 8.33. The molecule has 1 atom stereocenters. The van der Waals surface area contributed by atoms with E-state index in [2.05, 4.69) is 21.2 Å². The molecule has 0 spiro atoms. The van der Waals surface area contributed by atoms with E-state index in [9.17, 15) is 14.4 Å². The summed E-state index contributed by atoms with van der Waals surface area (Å²) >= 11 is 4.45. The van der Waals surface area contributed by atoms with Crippen LogP contribution in [0.4, 0.5) is 4.79 Å². The van der Waals surface area contributed by atoms with Crippen LogP contribution in [0.15, 0.2) is 33.8 Å². The number of thioether (sulfide) groups is 1. The van der Waals surface area contributed by atoms with Crippen LogP contribution >= 0.6 is 27.7 Å². The molecule has 0 bridgehead atoms. The number of ether oxygens (including phenoxy) is 1. The average molecular weight is 506 g/mol. The van der Waals surface area contributed by atoms with Gasteiger partial charge in [-0.1, -0.05) is 22.9 Å². The Morgan fingerprint density at radius 1 is 1.39 bits per heavy atom. The van der Waals surface area contributed by atoms with Gasteiger partial charge >= 0.3 is 0 Å². The maximum atomic E-state index is 12.6. The number of nitrogens with one attached hydrogen (secondary N) is 1. The van der Waals surface area contributed by atoms with Crippen LogP contribution in [0.1, 0.15) is 31.7 Å². The van der Waals surface area contributed by atoms with E-state index in [4.69, 9.17) is 4.74 Å². The summed E-state index contributed by atoms with van der Waals surface area (Å²) in [6, 6.07) is 5.81. The van der Waals surface area contributed by atoms with Crippen molar-refractivity contribution in [2.24, 2.45) is 0 Å². The van der Waals surface area contributed by atoms with Gasteiger partial charge in [0.05, 0.1) is 11.0 Å². The van der Waals surface area contributed by atoms with Crippen LogP contribution < -0.4 is 5.32 Å². The Hall–Kier alpha value is -2.10. The van der Waals surface area contributed by atoms with Gasteiger partial charge in [-0.3, -0.25) is 19.3 Å². The van der Waals surface area contributed by atoms with Gasteiger partial charge in [-0.15, -0.1) is 0 Å². The van der Waals surface area contributed by atoms with Gasteiger partial charge in [-0.2, -0.15) is 0 Å². The van der Waals surface area contributed by atoms with Crippen molar-refractivity contribution >= 4 is 61.7 Å². The summed E-state index contributed by atoms with van der Waals surface area (Å²) in [5.74, 6) is -0.354. The normalized spacial score (nSPS) is 20.4. The highest BCUT2D eigenvalue weighted by Crippen LogP contribution is 2.34. The number of carbonyl (C=O) groups excluding carboxylic acids is 3. The fourth-order valence-corrected chi connectivity index (χ4v) is 5.06. The topological polar surface area (TPSA) is 80.6 Å². The number of imide groups is 1.